The summed E-state index contributed by atoms with van der Waals surface area (Å²) in [6, 6.07) is 5.03. The van der Waals surface area contributed by atoms with Crippen LogP contribution in [0.25, 0.3) is 0 Å². The van der Waals surface area contributed by atoms with Crippen molar-refractivity contribution in [3.63, 3.8) is 0 Å². The number of hydrogen-bond donors (Lipinski definition) is 1. The van der Waals surface area contributed by atoms with Crippen molar-refractivity contribution in [2.45, 2.75) is 44.6 Å². The maximum Gasteiger partial charge on any atom is 0.129 e. The van der Waals surface area contributed by atoms with Crippen LogP contribution in [0.1, 0.15) is 44.6 Å². The molecule has 1 N–H and O–H groups in total. The SMILES string of the molecule is CCC1(c2ccc(Cl)cc2F)CCCCCN1. The van der Waals surface area contributed by atoms with Gasteiger partial charge in [-0.3, -0.25) is 0 Å². The van der Waals surface area contributed by atoms with Gasteiger partial charge in [-0.05, 0) is 37.9 Å². The van der Waals surface area contributed by atoms with Crippen molar-refractivity contribution < 1.29 is 4.39 Å². The van der Waals surface area contributed by atoms with Gasteiger partial charge in [0.15, 0.2) is 0 Å². The lowest BCUT2D eigenvalue weighted by molar-refractivity contribution is 0.301. The average molecular weight is 256 g/mol. The molecule has 1 aliphatic rings. The smallest absolute Gasteiger partial charge is 0.129 e. The lowest BCUT2D eigenvalue weighted by Crippen LogP contribution is -2.42. The van der Waals surface area contributed by atoms with E-state index < -0.39 is 0 Å². The van der Waals surface area contributed by atoms with E-state index in [9.17, 15) is 4.39 Å². The topological polar surface area (TPSA) is 12.0 Å². The molecule has 17 heavy (non-hydrogen) atoms. The second kappa shape index (κ2) is 5.36. The second-order valence-electron chi connectivity index (χ2n) is 4.80. The normalized spacial score (nSPS) is 25.6. The van der Waals surface area contributed by atoms with Crippen LogP contribution >= 0.6 is 11.6 Å². The summed E-state index contributed by atoms with van der Waals surface area (Å²) in [5, 5.41) is 4.00. The summed E-state index contributed by atoms with van der Waals surface area (Å²) in [7, 11) is 0. The van der Waals surface area contributed by atoms with Crippen LogP contribution in [0.2, 0.25) is 5.02 Å². The molecule has 0 aliphatic carbocycles. The molecule has 1 aromatic carbocycles. The minimum atomic E-state index is -0.203. The van der Waals surface area contributed by atoms with E-state index in [4.69, 9.17) is 11.6 Å². The van der Waals surface area contributed by atoms with Gasteiger partial charge >= 0.3 is 0 Å². The standard InChI is InChI=1S/C14H19ClFN/c1-2-14(8-4-3-5-9-17-14)12-7-6-11(15)10-13(12)16/h6-7,10,17H,2-5,8-9H2,1H3. The zero-order valence-corrected chi connectivity index (χ0v) is 11.0. The molecule has 1 aromatic rings. The van der Waals surface area contributed by atoms with Gasteiger partial charge in [0.2, 0.25) is 0 Å². The Morgan fingerprint density at radius 2 is 2.18 bits per heavy atom. The number of benzene rings is 1. The van der Waals surface area contributed by atoms with E-state index in [2.05, 4.69) is 12.2 Å². The molecule has 1 atom stereocenters. The third-order valence-corrected chi connectivity index (χ3v) is 4.03. The van der Waals surface area contributed by atoms with Crippen molar-refractivity contribution >= 4 is 11.6 Å². The highest BCUT2D eigenvalue weighted by Gasteiger charge is 2.32. The van der Waals surface area contributed by atoms with Crippen molar-refractivity contribution in [3.8, 4) is 0 Å². The minimum Gasteiger partial charge on any atom is -0.307 e. The molecule has 94 valence electrons. The second-order valence-corrected chi connectivity index (χ2v) is 5.23. The molecule has 3 heteroatoms. The van der Waals surface area contributed by atoms with Gasteiger partial charge in [-0.1, -0.05) is 37.4 Å². The Morgan fingerprint density at radius 1 is 1.35 bits per heavy atom. The van der Waals surface area contributed by atoms with Crippen LogP contribution in [0.5, 0.6) is 0 Å². The molecule has 1 unspecified atom stereocenters. The van der Waals surface area contributed by atoms with Crippen LogP contribution in [0.3, 0.4) is 0 Å². The maximum atomic E-state index is 14.1. The fourth-order valence-electron chi connectivity index (χ4n) is 2.74. The van der Waals surface area contributed by atoms with E-state index in [1.54, 1.807) is 6.07 Å². The fraction of sp³-hybridized carbons (Fsp3) is 0.571. The summed E-state index contributed by atoms with van der Waals surface area (Å²) in [5.74, 6) is -0.186. The van der Waals surface area contributed by atoms with Gasteiger partial charge < -0.3 is 5.32 Å². The van der Waals surface area contributed by atoms with E-state index in [0.717, 1.165) is 31.4 Å². The van der Waals surface area contributed by atoms with Gasteiger partial charge in [-0.2, -0.15) is 0 Å². The third kappa shape index (κ3) is 2.63. The summed E-state index contributed by atoms with van der Waals surface area (Å²) in [6.07, 6.45) is 5.47. The summed E-state index contributed by atoms with van der Waals surface area (Å²) >= 11 is 5.82. The van der Waals surface area contributed by atoms with Crippen molar-refractivity contribution in [2.24, 2.45) is 0 Å². The van der Waals surface area contributed by atoms with Gasteiger partial charge in [0.05, 0.1) is 0 Å². The van der Waals surface area contributed by atoms with Crippen LogP contribution in [-0.4, -0.2) is 6.54 Å². The van der Waals surface area contributed by atoms with E-state index in [1.807, 2.05) is 6.07 Å². The monoisotopic (exact) mass is 255 g/mol. The lowest BCUT2D eigenvalue weighted by Gasteiger charge is -2.33. The Balaban J connectivity index is 2.38. The van der Waals surface area contributed by atoms with Crippen LogP contribution in [0, 0.1) is 5.82 Å². The minimum absolute atomic E-state index is 0.186. The highest BCUT2D eigenvalue weighted by molar-refractivity contribution is 6.30. The zero-order chi connectivity index (χ0) is 12.3. The first kappa shape index (κ1) is 12.8. The van der Waals surface area contributed by atoms with E-state index >= 15 is 0 Å². The summed E-state index contributed by atoms with van der Waals surface area (Å²) in [4.78, 5) is 0. The number of hydrogen-bond acceptors (Lipinski definition) is 1. The summed E-state index contributed by atoms with van der Waals surface area (Å²) in [6.45, 7) is 3.09. The molecule has 1 heterocycles. The largest absolute Gasteiger partial charge is 0.307 e. The van der Waals surface area contributed by atoms with Crippen LogP contribution in [-0.2, 0) is 5.54 Å². The molecule has 0 amide bonds. The van der Waals surface area contributed by atoms with Crippen LogP contribution in [0.15, 0.2) is 18.2 Å². The van der Waals surface area contributed by atoms with Crippen LogP contribution < -0.4 is 5.32 Å². The van der Waals surface area contributed by atoms with Crippen LogP contribution in [0.4, 0.5) is 4.39 Å². The molecule has 1 fully saturated rings. The number of nitrogens with one attached hydrogen (secondary N) is 1. The summed E-state index contributed by atoms with van der Waals surface area (Å²) < 4.78 is 14.1. The van der Waals surface area contributed by atoms with Crippen molar-refractivity contribution in [2.75, 3.05) is 6.54 Å². The Morgan fingerprint density at radius 3 is 2.88 bits per heavy atom. The van der Waals surface area contributed by atoms with Crippen molar-refractivity contribution in [3.05, 3.63) is 34.6 Å². The molecule has 0 radical (unpaired) electrons. The first-order valence-electron chi connectivity index (χ1n) is 6.38. The lowest BCUT2D eigenvalue weighted by atomic mass is 9.83. The molecular formula is C14H19ClFN. The Kier molecular flexibility index (Phi) is 4.05. The fourth-order valence-corrected chi connectivity index (χ4v) is 2.90. The predicted octanol–water partition coefficient (Wildman–Crippen LogP) is 4.25. The Bertz CT molecular complexity index is 384. The molecular weight excluding hydrogens is 237 g/mol. The molecule has 0 aromatic heterocycles. The molecule has 0 bridgehead atoms. The quantitative estimate of drug-likeness (QED) is 0.833. The van der Waals surface area contributed by atoms with Gasteiger partial charge in [0, 0.05) is 16.1 Å². The summed E-state index contributed by atoms with van der Waals surface area (Å²) in [5.41, 5.74) is 0.567. The van der Waals surface area contributed by atoms with E-state index in [1.165, 1.54) is 18.9 Å². The van der Waals surface area contributed by atoms with E-state index in [0.29, 0.717) is 5.02 Å². The zero-order valence-electron chi connectivity index (χ0n) is 10.2. The van der Waals surface area contributed by atoms with Gasteiger partial charge in [-0.25, -0.2) is 4.39 Å². The van der Waals surface area contributed by atoms with E-state index in [-0.39, 0.29) is 11.4 Å². The highest BCUT2D eigenvalue weighted by atomic mass is 35.5. The molecule has 1 aliphatic heterocycles. The molecule has 2 rings (SSSR count). The first-order valence-corrected chi connectivity index (χ1v) is 6.76. The number of rotatable bonds is 2. The first-order chi connectivity index (χ1) is 8.18. The highest BCUT2D eigenvalue weighted by Crippen LogP contribution is 2.35. The average Bonchev–Trinajstić information content (AvgIpc) is 2.55. The Labute approximate surface area is 107 Å². The van der Waals surface area contributed by atoms with Crippen molar-refractivity contribution in [1.82, 2.24) is 5.32 Å². The van der Waals surface area contributed by atoms with Crippen molar-refractivity contribution in [1.29, 1.82) is 0 Å². The predicted molar refractivity (Wildman–Crippen MR) is 69.8 cm³/mol. The number of halogens is 2. The van der Waals surface area contributed by atoms with Gasteiger partial charge in [0.1, 0.15) is 5.82 Å². The van der Waals surface area contributed by atoms with Gasteiger partial charge in [0.25, 0.3) is 0 Å². The third-order valence-electron chi connectivity index (χ3n) is 3.79. The molecule has 1 nitrogen and oxygen atoms in total. The Hall–Kier alpha value is -0.600. The molecule has 1 saturated heterocycles. The maximum absolute atomic E-state index is 14.1. The van der Waals surface area contributed by atoms with Gasteiger partial charge in [-0.15, -0.1) is 0 Å². The molecule has 0 saturated carbocycles. The molecule has 0 spiro atoms.